The molecule has 1 amide bonds. The van der Waals surface area contributed by atoms with E-state index >= 15 is 0 Å². The van der Waals surface area contributed by atoms with Crippen LogP contribution in [0, 0.1) is 5.82 Å². The van der Waals surface area contributed by atoms with Crippen LogP contribution in [0.5, 0.6) is 5.75 Å². The molecule has 1 aliphatic heterocycles. The number of ether oxygens (including phenoxy) is 1. The summed E-state index contributed by atoms with van der Waals surface area (Å²) in [6, 6.07) is 11.4. The first-order valence-corrected chi connectivity index (χ1v) is 9.17. The van der Waals surface area contributed by atoms with Crippen molar-refractivity contribution in [3.8, 4) is 5.75 Å². The molecular formula is C22H23FN2O4. The molecule has 152 valence electrons. The minimum Gasteiger partial charge on any atom is -0.507 e. The van der Waals surface area contributed by atoms with Gasteiger partial charge in [0.05, 0.1) is 18.7 Å². The largest absolute Gasteiger partial charge is 0.507 e. The van der Waals surface area contributed by atoms with Gasteiger partial charge in [-0.1, -0.05) is 18.2 Å². The normalized spacial score (nSPS) is 18.5. The lowest BCUT2D eigenvalue weighted by Crippen LogP contribution is -2.35. The highest BCUT2D eigenvalue weighted by Gasteiger charge is 2.46. The van der Waals surface area contributed by atoms with Crippen molar-refractivity contribution < 1.29 is 23.8 Å². The van der Waals surface area contributed by atoms with Gasteiger partial charge in [0.2, 0.25) is 0 Å². The molecule has 6 nitrogen and oxygen atoms in total. The summed E-state index contributed by atoms with van der Waals surface area (Å²) in [6.07, 6.45) is 0. The molecule has 0 aromatic heterocycles. The maximum atomic E-state index is 14.6. The van der Waals surface area contributed by atoms with E-state index in [1.807, 2.05) is 19.0 Å². The van der Waals surface area contributed by atoms with E-state index in [-0.39, 0.29) is 23.4 Å². The summed E-state index contributed by atoms with van der Waals surface area (Å²) in [6.45, 7) is 0.705. The van der Waals surface area contributed by atoms with E-state index in [0.29, 0.717) is 17.9 Å². The number of rotatable bonds is 6. The minimum atomic E-state index is -1.00. The average Bonchev–Trinajstić information content (AvgIpc) is 2.96. The number of Topliss-reactive ketones (excluding diaryl/α,β-unsaturated/α-hetero) is 1. The number of benzene rings is 2. The Morgan fingerprint density at radius 2 is 1.79 bits per heavy atom. The molecule has 0 unspecified atom stereocenters. The van der Waals surface area contributed by atoms with Gasteiger partial charge in [-0.15, -0.1) is 0 Å². The van der Waals surface area contributed by atoms with Crippen molar-refractivity contribution in [2.45, 2.75) is 6.04 Å². The van der Waals surface area contributed by atoms with Crippen LogP contribution < -0.4 is 4.74 Å². The Kier molecular flexibility index (Phi) is 5.98. The molecule has 0 radical (unpaired) electrons. The van der Waals surface area contributed by atoms with Crippen molar-refractivity contribution in [1.29, 1.82) is 0 Å². The molecule has 1 aliphatic rings. The Labute approximate surface area is 168 Å². The van der Waals surface area contributed by atoms with Gasteiger partial charge in [0.15, 0.2) is 0 Å². The van der Waals surface area contributed by atoms with Crippen molar-refractivity contribution in [3.05, 3.63) is 71.0 Å². The molecule has 1 saturated heterocycles. The molecule has 1 atom stereocenters. The van der Waals surface area contributed by atoms with Gasteiger partial charge in [0.25, 0.3) is 11.7 Å². The standard InChI is InChI=1S/C22H23FN2O4/c1-24(2)12-13-25-19(16-6-4-5-7-17(16)23)18(21(27)22(25)28)20(26)14-8-10-15(29-3)11-9-14/h4-11,19,26H,12-13H2,1-3H3/t19-/m1/s1. The van der Waals surface area contributed by atoms with Crippen LogP contribution in [0.2, 0.25) is 0 Å². The summed E-state index contributed by atoms with van der Waals surface area (Å²) in [5.41, 5.74) is 0.391. The quantitative estimate of drug-likeness (QED) is 0.460. The second-order valence-electron chi connectivity index (χ2n) is 7.05. The van der Waals surface area contributed by atoms with E-state index in [1.165, 1.54) is 30.2 Å². The number of carbonyl (C=O) groups excluding carboxylic acids is 2. The molecule has 0 saturated carbocycles. The number of hydrogen-bond acceptors (Lipinski definition) is 5. The monoisotopic (exact) mass is 398 g/mol. The number of ketones is 1. The van der Waals surface area contributed by atoms with Crippen LogP contribution in [-0.2, 0) is 9.59 Å². The van der Waals surface area contributed by atoms with Gasteiger partial charge in [0.1, 0.15) is 17.3 Å². The number of nitrogens with zero attached hydrogens (tertiary/aromatic N) is 2. The van der Waals surface area contributed by atoms with E-state index in [0.717, 1.165) is 0 Å². The van der Waals surface area contributed by atoms with Crippen LogP contribution >= 0.6 is 0 Å². The number of likely N-dealkylation sites (N-methyl/N-ethyl adjacent to an activating group) is 1. The molecular weight excluding hydrogens is 375 g/mol. The van der Waals surface area contributed by atoms with E-state index in [1.54, 1.807) is 30.3 Å². The minimum absolute atomic E-state index is 0.121. The van der Waals surface area contributed by atoms with Crippen molar-refractivity contribution in [2.24, 2.45) is 0 Å². The predicted molar refractivity (Wildman–Crippen MR) is 107 cm³/mol. The molecule has 29 heavy (non-hydrogen) atoms. The van der Waals surface area contributed by atoms with Crippen LogP contribution in [-0.4, -0.2) is 60.9 Å². The molecule has 1 heterocycles. The smallest absolute Gasteiger partial charge is 0.295 e. The Balaban J connectivity index is 2.14. The summed E-state index contributed by atoms with van der Waals surface area (Å²) < 4.78 is 19.7. The Morgan fingerprint density at radius 1 is 1.14 bits per heavy atom. The zero-order valence-corrected chi connectivity index (χ0v) is 16.6. The van der Waals surface area contributed by atoms with Gasteiger partial charge < -0.3 is 19.6 Å². The lowest BCUT2D eigenvalue weighted by atomic mass is 9.95. The molecule has 1 N–H and O–H groups in total. The van der Waals surface area contributed by atoms with Crippen LogP contribution in [0.3, 0.4) is 0 Å². The third-order valence-electron chi connectivity index (χ3n) is 4.89. The summed E-state index contributed by atoms with van der Waals surface area (Å²) in [5.74, 6) is -1.89. The predicted octanol–water partition coefficient (Wildman–Crippen LogP) is 2.82. The Bertz CT molecular complexity index is 954. The van der Waals surface area contributed by atoms with Crippen molar-refractivity contribution in [2.75, 3.05) is 34.3 Å². The summed E-state index contributed by atoms with van der Waals surface area (Å²) in [5, 5.41) is 10.9. The van der Waals surface area contributed by atoms with Crippen LogP contribution in [0.4, 0.5) is 4.39 Å². The molecule has 0 spiro atoms. The second kappa shape index (κ2) is 8.45. The Morgan fingerprint density at radius 3 is 2.38 bits per heavy atom. The second-order valence-corrected chi connectivity index (χ2v) is 7.05. The van der Waals surface area contributed by atoms with Gasteiger partial charge in [-0.3, -0.25) is 9.59 Å². The van der Waals surface area contributed by atoms with Gasteiger partial charge in [-0.25, -0.2) is 4.39 Å². The number of aliphatic hydroxyl groups is 1. The number of likely N-dealkylation sites (tertiary alicyclic amines) is 1. The number of halogens is 1. The highest BCUT2D eigenvalue weighted by atomic mass is 19.1. The van der Waals surface area contributed by atoms with Crippen molar-refractivity contribution >= 4 is 17.4 Å². The van der Waals surface area contributed by atoms with E-state index in [4.69, 9.17) is 4.74 Å². The third kappa shape index (κ3) is 4.00. The molecule has 0 aliphatic carbocycles. The number of hydrogen-bond donors (Lipinski definition) is 1. The van der Waals surface area contributed by atoms with Gasteiger partial charge >= 0.3 is 0 Å². The highest BCUT2D eigenvalue weighted by Crippen LogP contribution is 2.40. The fourth-order valence-electron chi connectivity index (χ4n) is 3.34. The van der Waals surface area contributed by atoms with Crippen LogP contribution in [0.1, 0.15) is 17.2 Å². The fraction of sp³-hybridized carbons (Fsp3) is 0.273. The lowest BCUT2D eigenvalue weighted by Gasteiger charge is -2.26. The van der Waals surface area contributed by atoms with Crippen molar-refractivity contribution in [1.82, 2.24) is 9.80 Å². The maximum Gasteiger partial charge on any atom is 0.295 e. The molecule has 0 bridgehead atoms. The van der Waals surface area contributed by atoms with Gasteiger partial charge in [-0.05, 0) is 44.4 Å². The van der Waals surface area contributed by atoms with Gasteiger partial charge in [0, 0.05) is 24.2 Å². The fourth-order valence-corrected chi connectivity index (χ4v) is 3.34. The van der Waals surface area contributed by atoms with Crippen LogP contribution in [0.15, 0.2) is 54.1 Å². The molecule has 2 aromatic rings. The first kappa shape index (κ1) is 20.5. The highest BCUT2D eigenvalue weighted by molar-refractivity contribution is 6.46. The lowest BCUT2D eigenvalue weighted by molar-refractivity contribution is -0.140. The first-order chi connectivity index (χ1) is 13.8. The number of methoxy groups -OCH3 is 1. The number of aliphatic hydroxyl groups excluding tert-OH is 1. The zero-order valence-electron chi connectivity index (χ0n) is 16.6. The molecule has 2 aromatic carbocycles. The van der Waals surface area contributed by atoms with E-state index in [9.17, 15) is 19.1 Å². The SMILES string of the molecule is COc1ccc(C(O)=C2C(=O)C(=O)N(CCN(C)C)[C@@H]2c2ccccc2F)cc1. The van der Waals surface area contributed by atoms with E-state index < -0.39 is 23.5 Å². The number of carbonyl (C=O) groups is 2. The average molecular weight is 398 g/mol. The van der Waals surface area contributed by atoms with Crippen LogP contribution in [0.25, 0.3) is 5.76 Å². The number of amides is 1. The summed E-state index contributed by atoms with van der Waals surface area (Å²) >= 11 is 0. The first-order valence-electron chi connectivity index (χ1n) is 9.17. The maximum absolute atomic E-state index is 14.6. The van der Waals surface area contributed by atoms with Crippen molar-refractivity contribution in [3.63, 3.8) is 0 Å². The molecule has 1 fully saturated rings. The summed E-state index contributed by atoms with van der Waals surface area (Å²) in [7, 11) is 5.20. The Hall–Kier alpha value is -3.19. The summed E-state index contributed by atoms with van der Waals surface area (Å²) in [4.78, 5) is 28.7. The van der Waals surface area contributed by atoms with E-state index in [2.05, 4.69) is 0 Å². The molecule has 7 heteroatoms. The van der Waals surface area contributed by atoms with Gasteiger partial charge in [-0.2, -0.15) is 0 Å². The molecule has 3 rings (SSSR count). The zero-order chi connectivity index (χ0) is 21.1. The third-order valence-corrected chi connectivity index (χ3v) is 4.89. The topological polar surface area (TPSA) is 70.1 Å².